The molecule has 1 fully saturated rings. The van der Waals surface area contributed by atoms with Gasteiger partial charge in [-0.2, -0.15) is 0 Å². The molecule has 0 spiro atoms. The van der Waals surface area contributed by atoms with Crippen LogP contribution in [0.2, 0.25) is 0 Å². The highest BCUT2D eigenvalue weighted by Gasteiger charge is 2.35. The van der Waals surface area contributed by atoms with Gasteiger partial charge in [0.1, 0.15) is 0 Å². The van der Waals surface area contributed by atoms with Crippen LogP contribution in [0.15, 0.2) is 30.3 Å². The van der Waals surface area contributed by atoms with E-state index in [1.54, 1.807) is 0 Å². The second-order valence-electron chi connectivity index (χ2n) is 6.13. The Labute approximate surface area is 122 Å². The summed E-state index contributed by atoms with van der Waals surface area (Å²) in [4.78, 5) is 2.28. The van der Waals surface area contributed by atoms with Gasteiger partial charge in [0.05, 0.1) is 4.75 Å². The van der Waals surface area contributed by atoms with Gasteiger partial charge in [-0.1, -0.05) is 30.3 Å². The lowest BCUT2D eigenvalue weighted by molar-refractivity contribution is 0.149. The standard InChI is InChI=1S/C15H24N2O2S/c1-15(2,20(3,18)19)12-17-10-9-16-11-14(17)13-7-5-4-6-8-13/h4-8,14,16H,9-12H2,1-3H3. The van der Waals surface area contributed by atoms with E-state index in [0.717, 1.165) is 19.6 Å². The third-order valence-corrected chi connectivity index (χ3v) is 6.26. The molecule has 20 heavy (non-hydrogen) atoms. The first-order chi connectivity index (χ1) is 9.31. The second-order valence-corrected chi connectivity index (χ2v) is 8.78. The van der Waals surface area contributed by atoms with Gasteiger partial charge in [0.25, 0.3) is 0 Å². The van der Waals surface area contributed by atoms with Crippen molar-refractivity contribution in [1.82, 2.24) is 10.2 Å². The molecule has 0 amide bonds. The van der Waals surface area contributed by atoms with Crippen LogP contribution < -0.4 is 5.32 Å². The largest absolute Gasteiger partial charge is 0.314 e. The van der Waals surface area contributed by atoms with E-state index in [1.807, 2.05) is 32.0 Å². The average Bonchev–Trinajstić information content (AvgIpc) is 2.38. The highest BCUT2D eigenvalue weighted by atomic mass is 32.2. The summed E-state index contributed by atoms with van der Waals surface area (Å²) in [5.74, 6) is 0. The zero-order chi connectivity index (χ0) is 14.8. The predicted molar refractivity (Wildman–Crippen MR) is 82.5 cm³/mol. The average molecular weight is 296 g/mol. The summed E-state index contributed by atoms with van der Waals surface area (Å²) in [7, 11) is -3.07. The second kappa shape index (κ2) is 5.84. The molecule has 1 atom stereocenters. The van der Waals surface area contributed by atoms with Crippen molar-refractivity contribution in [3.63, 3.8) is 0 Å². The third kappa shape index (κ3) is 3.40. The van der Waals surface area contributed by atoms with Gasteiger partial charge in [-0.15, -0.1) is 0 Å². The maximum atomic E-state index is 11.9. The fourth-order valence-corrected chi connectivity index (χ4v) is 2.95. The van der Waals surface area contributed by atoms with Crippen molar-refractivity contribution in [1.29, 1.82) is 0 Å². The Morgan fingerprint density at radius 2 is 1.95 bits per heavy atom. The van der Waals surface area contributed by atoms with Crippen molar-refractivity contribution in [2.45, 2.75) is 24.6 Å². The molecule has 0 aliphatic carbocycles. The van der Waals surface area contributed by atoms with Crippen molar-refractivity contribution in [2.24, 2.45) is 0 Å². The number of nitrogens with zero attached hydrogens (tertiary/aromatic N) is 1. The number of nitrogens with one attached hydrogen (secondary N) is 1. The van der Waals surface area contributed by atoms with Gasteiger partial charge in [-0.25, -0.2) is 8.42 Å². The van der Waals surface area contributed by atoms with Crippen LogP contribution in [0.3, 0.4) is 0 Å². The van der Waals surface area contributed by atoms with Crippen LogP contribution in [0.4, 0.5) is 0 Å². The number of hydrogen-bond acceptors (Lipinski definition) is 4. The van der Waals surface area contributed by atoms with Gasteiger partial charge >= 0.3 is 0 Å². The molecule has 112 valence electrons. The van der Waals surface area contributed by atoms with Crippen molar-refractivity contribution in [2.75, 3.05) is 32.4 Å². The first-order valence-electron chi connectivity index (χ1n) is 7.00. The lowest BCUT2D eigenvalue weighted by atomic mass is 10.0. The van der Waals surface area contributed by atoms with E-state index in [0.29, 0.717) is 6.54 Å². The van der Waals surface area contributed by atoms with Crippen LogP contribution in [-0.2, 0) is 9.84 Å². The maximum Gasteiger partial charge on any atom is 0.153 e. The van der Waals surface area contributed by atoms with Gasteiger partial charge in [0, 0.05) is 38.5 Å². The summed E-state index contributed by atoms with van der Waals surface area (Å²) in [6.07, 6.45) is 1.33. The lowest BCUT2D eigenvalue weighted by Crippen LogP contribution is -2.52. The zero-order valence-corrected chi connectivity index (χ0v) is 13.3. The van der Waals surface area contributed by atoms with E-state index in [1.165, 1.54) is 11.8 Å². The Kier molecular flexibility index (Phi) is 4.52. The summed E-state index contributed by atoms with van der Waals surface area (Å²) in [6, 6.07) is 10.5. The summed E-state index contributed by atoms with van der Waals surface area (Å²) < 4.78 is 23.1. The molecule has 4 nitrogen and oxygen atoms in total. The molecule has 1 aliphatic heterocycles. The summed E-state index contributed by atoms with van der Waals surface area (Å²) in [5.41, 5.74) is 1.24. The van der Waals surface area contributed by atoms with E-state index in [2.05, 4.69) is 22.3 Å². The minimum atomic E-state index is -3.07. The fraction of sp³-hybridized carbons (Fsp3) is 0.600. The lowest BCUT2D eigenvalue weighted by Gasteiger charge is -2.40. The molecule has 1 aromatic rings. The van der Waals surface area contributed by atoms with Gasteiger partial charge < -0.3 is 5.32 Å². The summed E-state index contributed by atoms with van der Waals surface area (Å²) in [5, 5.41) is 3.40. The normalized spacial score (nSPS) is 21.9. The molecule has 1 aromatic carbocycles. The maximum absolute atomic E-state index is 11.9. The van der Waals surface area contributed by atoms with Crippen LogP contribution in [0.25, 0.3) is 0 Å². The van der Waals surface area contributed by atoms with Gasteiger partial charge in [0.15, 0.2) is 9.84 Å². The first-order valence-corrected chi connectivity index (χ1v) is 8.90. The molecule has 0 saturated carbocycles. The Morgan fingerprint density at radius 3 is 2.55 bits per heavy atom. The molecule has 0 bridgehead atoms. The van der Waals surface area contributed by atoms with Crippen molar-refractivity contribution in [3.05, 3.63) is 35.9 Å². The quantitative estimate of drug-likeness (QED) is 0.914. The Bertz CT molecular complexity index is 540. The molecule has 0 aromatic heterocycles. The molecule has 2 rings (SSSR count). The Hall–Kier alpha value is -0.910. The number of piperazine rings is 1. The minimum absolute atomic E-state index is 0.242. The van der Waals surface area contributed by atoms with Gasteiger partial charge in [0.2, 0.25) is 0 Å². The Morgan fingerprint density at radius 1 is 1.30 bits per heavy atom. The van der Waals surface area contributed by atoms with Crippen LogP contribution in [0.5, 0.6) is 0 Å². The van der Waals surface area contributed by atoms with E-state index >= 15 is 0 Å². The van der Waals surface area contributed by atoms with E-state index in [-0.39, 0.29) is 6.04 Å². The van der Waals surface area contributed by atoms with Crippen LogP contribution in [0, 0.1) is 0 Å². The minimum Gasteiger partial charge on any atom is -0.314 e. The molecular weight excluding hydrogens is 272 g/mol. The van der Waals surface area contributed by atoms with Gasteiger partial charge in [-0.05, 0) is 19.4 Å². The highest BCUT2D eigenvalue weighted by molar-refractivity contribution is 7.92. The zero-order valence-electron chi connectivity index (χ0n) is 12.5. The van der Waals surface area contributed by atoms with Crippen LogP contribution >= 0.6 is 0 Å². The predicted octanol–water partition coefficient (Wildman–Crippen LogP) is 1.46. The molecular formula is C15H24N2O2S. The van der Waals surface area contributed by atoms with Crippen LogP contribution in [-0.4, -0.2) is 50.5 Å². The van der Waals surface area contributed by atoms with Gasteiger partial charge in [-0.3, -0.25) is 4.90 Å². The van der Waals surface area contributed by atoms with Crippen molar-refractivity contribution in [3.8, 4) is 0 Å². The monoisotopic (exact) mass is 296 g/mol. The van der Waals surface area contributed by atoms with Crippen molar-refractivity contribution >= 4 is 9.84 Å². The highest BCUT2D eigenvalue weighted by Crippen LogP contribution is 2.26. The molecule has 1 N–H and O–H groups in total. The number of rotatable bonds is 4. The number of sulfone groups is 1. The molecule has 1 saturated heterocycles. The Balaban J connectivity index is 2.20. The topological polar surface area (TPSA) is 49.4 Å². The summed E-state index contributed by atoms with van der Waals surface area (Å²) >= 11 is 0. The number of hydrogen-bond donors (Lipinski definition) is 1. The molecule has 1 heterocycles. The smallest absolute Gasteiger partial charge is 0.153 e. The SMILES string of the molecule is CC(C)(CN1CCNCC1c1ccccc1)S(C)(=O)=O. The van der Waals surface area contributed by atoms with E-state index < -0.39 is 14.6 Å². The van der Waals surface area contributed by atoms with E-state index in [9.17, 15) is 8.42 Å². The third-order valence-electron chi connectivity index (χ3n) is 4.13. The molecule has 0 radical (unpaired) electrons. The molecule has 5 heteroatoms. The molecule has 1 aliphatic rings. The van der Waals surface area contributed by atoms with Crippen molar-refractivity contribution < 1.29 is 8.42 Å². The fourth-order valence-electron chi connectivity index (χ4n) is 2.55. The van der Waals surface area contributed by atoms with E-state index in [4.69, 9.17) is 0 Å². The first kappa shape index (κ1) is 15.5. The van der Waals surface area contributed by atoms with Crippen LogP contribution in [0.1, 0.15) is 25.5 Å². The summed E-state index contributed by atoms with van der Waals surface area (Å²) in [6.45, 7) is 6.83. The number of benzene rings is 1. The molecule has 1 unspecified atom stereocenters.